The quantitative estimate of drug-likeness (QED) is 0.762. The van der Waals surface area contributed by atoms with Crippen molar-refractivity contribution in [1.29, 1.82) is 0 Å². The first-order valence-electron chi connectivity index (χ1n) is 11.6. The molecule has 3 amide bonds. The summed E-state index contributed by atoms with van der Waals surface area (Å²) in [5, 5.41) is 3.00. The zero-order valence-electron chi connectivity index (χ0n) is 18.8. The van der Waals surface area contributed by atoms with Crippen molar-refractivity contribution in [1.82, 2.24) is 9.80 Å². The Morgan fingerprint density at radius 1 is 1.00 bits per heavy atom. The number of nitrogens with zero attached hydrogens (tertiary/aromatic N) is 2. The lowest BCUT2D eigenvalue weighted by atomic mass is 9.73. The van der Waals surface area contributed by atoms with E-state index in [2.05, 4.69) is 5.32 Å². The summed E-state index contributed by atoms with van der Waals surface area (Å²) < 4.78 is 14.4. The third-order valence-electron chi connectivity index (χ3n) is 7.62. The molecule has 0 aliphatic carbocycles. The maximum Gasteiger partial charge on any atom is 0.235 e. The van der Waals surface area contributed by atoms with Crippen LogP contribution in [-0.2, 0) is 19.8 Å². The van der Waals surface area contributed by atoms with Crippen LogP contribution in [0.5, 0.6) is 0 Å². The molecule has 3 aliphatic rings. The zero-order chi connectivity index (χ0) is 23.2. The number of piperidine rings is 2. The summed E-state index contributed by atoms with van der Waals surface area (Å²) in [6, 6.07) is 12.3. The van der Waals surface area contributed by atoms with Crippen molar-refractivity contribution in [3.8, 4) is 11.1 Å². The first-order chi connectivity index (χ1) is 15.9. The lowest BCUT2D eigenvalue weighted by Gasteiger charge is -2.40. The molecule has 2 fully saturated rings. The van der Waals surface area contributed by atoms with Gasteiger partial charge in [-0.3, -0.25) is 14.4 Å². The van der Waals surface area contributed by atoms with Gasteiger partial charge in [0.1, 0.15) is 5.82 Å². The minimum Gasteiger partial charge on any atom is -0.343 e. The monoisotopic (exact) mass is 449 g/mol. The highest BCUT2D eigenvalue weighted by atomic mass is 19.1. The van der Waals surface area contributed by atoms with E-state index in [1.165, 1.54) is 6.07 Å². The lowest BCUT2D eigenvalue weighted by molar-refractivity contribution is -0.142. The Bertz CT molecular complexity index is 1120. The second-order valence-electron chi connectivity index (χ2n) is 9.38. The predicted octanol–water partition coefficient (Wildman–Crippen LogP) is 3.56. The lowest BCUT2D eigenvalue weighted by Crippen LogP contribution is -2.51. The number of likely N-dealkylation sites (tertiary alicyclic amines) is 2. The molecule has 1 spiro atoms. The van der Waals surface area contributed by atoms with E-state index in [0.717, 1.165) is 16.8 Å². The number of fused-ring (bicyclic) bond motifs is 2. The Morgan fingerprint density at radius 2 is 1.70 bits per heavy atom. The van der Waals surface area contributed by atoms with Gasteiger partial charge >= 0.3 is 0 Å². The van der Waals surface area contributed by atoms with Crippen LogP contribution >= 0.6 is 0 Å². The van der Waals surface area contributed by atoms with Crippen LogP contribution in [0.2, 0.25) is 0 Å². The molecule has 3 heterocycles. The van der Waals surface area contributed by atoms with Gasteiger partial charge < -0.3 is 15.1 Å². The minimum atomic E-state index is -0.689. The van der Waals surface area contributed by atoms with Gasteiger partial charge in [-0.25, -0.2) is 4.39 Å². The van der Waals surface area contributed by atoms with Crippen molar-refractivity contribution >= 4 is 23.4 Å². The molecule has 2 saturated heterocycles. The molecule has 0 radical (unpaired) electrons. The normalized spacial score (nSPS) is 20.0. The summed E-state index contributed by atoms with van der Waals surface area (Å²) in [4.78, 5) is 41.4. The fourth-order valence-electron chi connectivity index (χ4n) is 5.58. The maximum absolute atomic E-state index is 14.4. The van der Waals surface area contributed by atoms with E-state index in [9.17, 15) is 18.8 Å². The second kappa shape index (κ2) is 8.28. The van der Waals surface area contributed by atoms with Gasteiger partial charge in [-0.1, -0.05) is 24.3 Å². The van der Waals surface area contributed by atoms with Crippen LogP contribution in [0.4, 0.5) is 10.1 Å². The summed E-state index contributed by atoms with van der Waals surface area (Å²) in [5.74, 6) is -0.203. The van der Waals surface area contributed by atoms with Gasteiger partial charge in [-0.2, -0.15) is 0 Å². The van der Waals surface area contributed by atoms with Gasteiger partial charge in [-0.15, -0.1) is 0 Å². The third kappa shape index (κ3) is 3.69. The number of anilines is 1. The van der Waals surface area contributed by atoms with Gasteiger partial charge in [0.2, 0.25) is 17.7 Å². The molecule has 2 aromatic rings. The summed E-state index contributed by atoms with van der Waals surface area (Å²) in [7, 11) is 0. The van der Waals surface area contributed by atoms with Crippen molar-refractivity contribution in [2.75, 3.05) is 31.5 Å². The SMILES string of the molecule is CC(=O)N1CCC(C(=O)N2CCC3(CC2)C(=O)Nc2ccc(-c4ccccc4F)cc23)CC1. The average molecular weight is 450 g/mol. The number of rotatable bonds is 2. The van der Waals surface area contributed by atoms with Crippen molar-refractivity contribution in [3.63, 3.8) is 0 Å². The highest BCUT2D eigenvalue weighted by Gasteiger charge is 2.49. The Balaban J connectivity index is 1.33. The van der Waals surface area contributed by atoms with E-state index in [1.807, 2.05) is 23.1 Å². The maximum atomic E-state index is 14.4. The molecule has 172 valence electrons. The van der Waals surface area contributed by atoms with Crippen LogP contribution in [0.25, 0.3) is 11.1 Å². The molecule has 0 bridgehead atoms. The number of carbonyl (C=O) groups excluding carboxylic acids is 3. The molecule has 33 heavy (non-hydrogen) atoms. The number of nitrogens with one attached hydrogen (secondary N) is 1. The fraction of sp³-hybridized carbons (Fsp3) is 0.423. The fourth-order valence-corrected chi connectivity index (χ4v) is 5.58. The summed E-state index contributed by atoms with van der Waals surface area (Å²) in [6.07, 6.45) is 2.47. The number of amides is 3. The zero-order valence-corrected chi connectivity index (χ0v) is 18.8. The van der Waals surface area contributed by atoms with Gasteiger partial charge in [0, 0.05) is 50.3 Å². The molecule has 0 atom stereocenters. The van der Waals surface area contributed by atoms with Crippen LogP contribution in [0, 0.1) is 11.7 Å². The number of hydrogen-bond acceptors (Lipinski definition) is 3. The second-order valence-corrected chi connectivity index (χ2v) is 9.38. The molecule has 5 rings (SSSR count). The standard InChI is InChI=1S/C26H28FN3O3/c1-17(31)29-12-8-18(9-13-29)24(32)30-14-10-26(11-15-30)21-16-19(6-7-23(21)28-25(26)33)20-4-2-3-5-22(20)27/h2-7,16,18H,8-15H2,1H3,(H,28,33). The van der Waals surface area contributed by atoms with Crippen LogP contribution in [0.3, 0.4) is 0 Å². The minimum absolute atomic E-state index is 0.0370. The van der Waals surface area contributed by atoms with Gasteiger partial charge in [0.15, 0.2) is 0 Å². The molecule has 6 nitrogen and oxygen atoms in total. The number of benzene rings is 2. The first-order valence-corrected chi connectivity index (χ1v) is 11.6. The van der Waals surface area contributed by atoms with E-state index in [1.54, 1.807) is 30.0 Å². The molecule has 0 saturated carbocycles. The Labute approximate surface area is 192 Å². The number of carbonyl (C=O) groups is 3. The molecule has 2 aromatic carbocycles. The van der Waals surface area contributed by atoms with Crippen LogP contribution < -0.4 is 5.32 Å². The highest BCUT2D eigenvalue weighted by Crippen LogP contribution is 2.46. The number of halogens is 1. The molecule has 3 aliphatic heterocycles. The van der Waals surface area contributed by atoms with Crippen molar-refractivity contribution < 1.29 is 18.8 Å². The smallest absolute Gasteiger partial charge is 0.235 e. The topological polar surface area (TPSA) is 69.7 Å². The van der Waals surface area contributed by atoms with Crippen molar-refractivity contribution in [2.24, 2.45) is 5.92 Å². The van der Waals surface area contributed by atoms with Crippen LogP contribution in [0.15, 0.2) is 42.5 Å². The summed E-state index contributed by atoms with van der Waals surface area (Å²) >= 11 is 0. The van der Waals surface area contributed by atoms with E-state index in [4.69, 9.17) is 0 Å². The van der Waals surface area contributed by atoms with E-state index >= 15 is 0 Å². The molecule has 0 unspecified atom stereocenters. The highest BCUT2D eigenvalue weighted by molar-refractivity contribution is 6.07. The Hall–Kier alpha value is -3.22. The van der Waals surface area contributed by atoms with Crippen LogP contribution in [0.1, 0.15) is 38.2 Å². The molecule has 7 heteroatoms. The predicted molar refractivity (Wildman–Crippen MR) is 123 cm³/mol. The van der Waals surface area contributed by atoms with E-state index in [-0.39, 0.29) is 29.5 Å². The molecular formula is C26H28FN3O3. The van der Waals surface area contributed by atoms with Crippen molar-refractivity contribution in [3.05, 3.63) is 53.8 Å². The average Bonchev–Trinajstić information content (AvgIpc) is 3.10. The van der Waals surface area contributed by atoms with Crippen molar-refractivity contribution in [2.45, 2.75) is 38.0 Å². The molecule has 0 aromatic heterocycles. The third-order valence-corrected chi connectivity index (χ3v) is 7.62. The van der Waals surface area contributed by atoms with E-state index < -0.39 is 5.41 Å². The largest absolute Gasteiger partial charge is 0.343 e. The van der Waals surface area contributed by atoms with E-state index in [0.29, 0.717) is 57.4 Å². The molecular weight excluding hydrogens is 421 g/mol. The Kier molecular flexibility index (Phi) is 5.43. The first kappa shape index (κ1) is 21.6. The summed E-state index contributed by atoms with van der Waals surface area (Å²) in [5.41, 5.74) is 2.25. The Morgan fingerprint density at radius 3 is 2.36 bits per heavy atom. The number of hydrogen-bond donors (Lipinski definition) is 1. The summed E-state index contributed by atoms with van der Waals surface area (Å²) in [6.45, 7) is 3.84. The van der Waals surface area contributed by atoms with Crippen LogP contribution in [-0.4, -0.2) is 53.7 Å². The molecule has 1 N–H and O–H groups in total. The van der Waals surface area contributed by atoms with Gasteiger partial charge in [0.05, 0.1) is 5.41 Å². The van der Waals surface area contributed by atoms with Gasteiger partial charge in [-0.05, 0) is 55.0 Å². The van der Waals surface area contributed by atoms with Gasteiger partial charge in [0.25, 0.3) is 0 Å².